The minimum absolute atomic E-state index is 0.000906. The minimum atomic E-state index is -3.81. The highest BCUT2D eigenvalue weighted by Gasteiger charge is 2.18. The van der Waals surface area contributed by atoms with E-state index in [1.165, 1.54) is 35.3 Å². The van der Waals surface area contributed by atoms with Crippen molar-refractivity contribution in [3.8, 4) is 5.75 Å². The second-order valence-corrected chi connectivity index (χ2v) is 7.20. The molecule has 3 rings (SSSR count). The zero-order valence-electron chi connectivity index (χ0n) is 11.6. The number of anilines is 1. The first-order valence-corrected chi connectivity index (χ1v) is 8.50. The van der Waals surface area contributed by atoms with Crippen LogP contribution in [-0.2, 0) is 17.1 Å². The third-order valence-corrected chi connectivity index (χ3v) is 5.15. The molecule has 7 nitrogen and oxygen atoms in total. The molecule has 3 aromatic rings. The van der Waals surface area contributed by atoms with Gasteiger partial charge in [0.25, 0.3) is 10.0 Å². The summed E-state index contributed by atoms with van der Waals surface area (Å²) in [5.41, 5.74) is 0.473. The molecule has 0 fully saturated rings. The van der Waals surface area contributed by atoms with E-state index in [0.29, 0.717) is 10.2 Å². The molecule has 0 saturated carbocycles. The summed E-state index contributed by atoms with van der Waals surface area (Å²) in [7, 11) is -2.21. The number of nitrogens with one attached hydrogen (secondary N) is 1. The number of sulfonamides is 1. The Labute approximate surface area is 133 Å². The molecule has 0 unspecified atom stereocenters. The average Bonchev–Trinajstić information content (AvgIpc) is 3.03. The molecule has 0 aliphatic carbocycles. The van der Waals surface area contributed by atoms with Gasteiger partial charge in [0.05, 0.1) is 16.4 Å². The van der Waals surface area contributed by atoms with Gasteiger partial charge >= 0.3 is 6.61 Å². The second kappa shape index (κ2) is 5.74. The Bertz CT molecular complexity index is 952. The Morgan fingerprint density at radius 3 is 2.83 bits per heavy atom. The highest BCUT2D eigenvalue weighted by atomic mass is 32.2. The molecule has 0 atom stereocenters. The molecule has 0 aliphatic rings. The molecule has 11 heteroatoms. The number of benzene rings is 1. The van der Waals surface area contributed by atoms with Crippen LogP contribution in [0.3, 0.4) is 0 Å². The molecular formula is C12H10F2N4O3S2. The summed E-state index contributed by atoms with van der Waals surface area (Å²) in [5, 5.41) is 3.92. The number of nitrogens with zero attached hydrogens (tertiary/aromatic N) is 3. The van der Waals surface area contributed by atoms with E-state index in [0.717, 1.165) is 11.3 Å². The number of halogens is 2. The summed E-state index contributed by atoms with van der Waals surface area (Å²) in [5.74, 6) is -0.0159. The molecule has 122 valence electrons. The van der Waals surface area contributed by atoms with Gasteiger partial charge in [-0.2, -0.15) is 13.9 Å². The summed E-state index contributed by atoms with van der Waals surface area (Å²) in [6.07, 6.45) is 2.56. The lowest BCUT2D eigenvalue weighted by Gasteiger charge is -2.02. The molecule has 0 saturated heterocycles. The first-order valence-electron chi connectivity index (χ1n) is 6.20. The Kier molecular flexibility index (Phi) is 3.90. The molecule has 0 bridgehead atoms. The van der Waals surface area contributed by atoms with Gasteiger partial charge in [0, 0.05) is 13.2 Å². The standard InChI is InChI=1S/C12H10F2N4O3S2/c1-18-6-8(5-15-18)23(19,20)17-12-16-9-3-2-7(21-11(13)14)4-10(9)22-12/h2-6,11H,1H3,(H,16,17). The van der Waals surface area contributed by atoms with E-state index in [1.807, 2.05) is 0 Å². The van der Waals surface area contributed by atoms with Crippen molar-refractivity contribution in [2.24, 2.45) is 7.05 Å². The summed E-state index contributed by atoms with van der Waals surface area (Å²) in [6.45, 7) is -2.93. The maximum absolute atomic E-state index is 12.2. The third kappa shape index (κ3) is 3.40. The van der Waals surface area contributed by atoms with Crippen LogP contribution in [0.4, 0.5) is 13.9 Å². The molecule has 2 aromatic heterocycles. The molecule has 0 spiro atoms. The van der Waals surface area contributed by atoms with E-state index in [9.17, 15) is 17.2 Å². The number of ether oxygens (including phenoxy) is 1. The fraction of sp³-hybridized carbons (Fsp3) is 0.167. The number of hydrogen-bond donors (Lipinski definition) is 1. The first kappa shape index (κ1) is 15.6. The molecule has 1 aromatic carbocycles. The van der Waals surface area contributed by atoms with Gasteiger partial charge in [-0.1, -0.05) is 11.3 Å². The van der Waals surface area contributed by atoms with Crippen LogP contribution in [0.25, 0.3) is 10.2 Å². The van der Waals surface area contributed by atoms with Gasteiger partial charge in [-0.15, -0.1) is 0 Å². The number of hydrogen-bond acceptors (Lipinski definition) is 6. The lowest BCUT2D eigenvalue weighted by Crippen LogP contribution is -2.11. The van der Waals surface area contributed by atoms with Gasteiger partial charge in [0.1, 0.15) is 10.6 Å². The summed E-state index contributed by atoms with van der Waals surface area (Å²) < 4.78 is 57.3. The second-order valence-electron chi connectivity index (χ2n) is 4.48. The molecule has 0 radical (unpaired) electrons. The van der Waals surface area contributed by atoms with E-state index >= 15 is 0 Å². The lowest BCUT2D eigenvalue weighted by atomic mass is 10.3. The lowest BCUT2D eigenvalue weighted by molar-refractivity contribution is -0.0497. The fourth-order valence-corrected chi connectivity index (χ4v) is 3.95. The third-order valence-electron chi connectivity index (χ3n) is 2.80. The number of rotatable bonds is 5. The van der Waals surface area contributed by atoms with Gasteiger partial charge < -0.3 is 4.74 Å². The van der Waals surface area contributed by atoms with Gasteiger partial charge in [0.15, 0.2) is 5.13 Å². The van der Waals surface area contributed by atoms with E-state index in [1.54, 1.807) is 7.05 Å². The maximum Gasteiger partial charge on any atom is 0.387 e. The van der Waals surface area contributed by atoms with E-state index in [-0.39, 0.29) is 15.8 Å². The minimum Gasteiger partial charge on any atom is -0.435 e. The summed E-state index contributed by atoms with van der Waals surface area (Å²) in [6, 6.07) is 4.19. The zero-order valence-corrected chi connectivity index (χ0v) is 13.2. The molecule has 2 heterocycles. The van der Waals surface area contributed by atoms with E-state index < -0.39 is 16.6 Å². The largest absolute Gasteiger partial charge is 0.435 e. The Morgan fingerprint density at radius 1 is 1.39 bits per heavy atom. The zero-order chi connectivity index (χ0) is 16.6. The fourth-order valence-electron chi connectivity index (χ4n) is 1.84. The Hall–Kier alpha value is -2.27. The number of fused-ring (bicyclic) bond motifs is 1. The van der Waals surface area contributed by atoms with Crippen LogP contribution in [0, 0.1) is 0 Å². The van der Waals surface area contributed by atoms with Crippen molar-refractivity contribution < 1.29 is 21.9 Å². The molecule has 23 heavy (non-hydrogen) atoms. The van der Waals surface area contributed by atoms with Crippen LogP contribution in [0.5, 0.6) is 5.75 Å². The quantitative estimate of drug-likeness (QED) is 0.755. The van der Waals surface area contributed by atoms with Crippen molar-refractivity contribution in [3.63, 3.8) is 0 Å². The summed E-state index contributed by atoms with van der Waals surface area (Å²) >= 11 is 1.01. The maximum atomic E-state index is 12.2. The van der Waals surface area contributed by atoms with Crippen LogP contribution >= 0.6 is 11.3 Å². The predicted molar refractivity (Wildman–Crippen MR) is 80.3 cm³/mol. The highest BCUT2D eigenvalue weighted by molar-refractivity contribution is 7.93. The number of thiazole rings is 1. The van der Waals surface area contributed by atoms with Gasteiger partial charge in [-0.25, -0.2) is 13.4 Å². The monoisotopic (exact) mass is 360 g/mol. The van der Waals surface area contributed by atoms with Crippen molar-refractivity contribution in [3.05, 3.63) is 30.6 Å². The first-order chi connectivity index (χ1) is 10.8. The van der Waals surface area contributed by atoms with Crippen molar-refractivity contribution in [2.75, 3.05) is 4.72 Å². The van der Waals surface area contributed by atoms with Gasteiger partial charge in [0.2, 0.25) is 0 Å². The van der Waals surface area contributed by atoms with Crippen molar-refractivity contribution in [2.45, 2.75) is 11.5 Å². The molecule has 1 N–H and O–H groups in total. The highest BCUT2D eigenvalue weighted by Crippen LogP contribution is 2.30. The number of aryl methyl sites for hydroxylation is 1. The predicted octanol–water partition coefficient (Wildman–Crippen LogP) is 2.43. The van der Waals surface area contributed by atoms with Crippen molar-refractivity contribution >= 4 is 36.7 Å². The number of aromatic nitrogens is 3. The van der Waals surface area contributed by atoms with Crippen molar-refractivity contribution in [1.29, 1.82) is 0 Å². The Balaban J connectivity index is 1.88. The molecule has 0 aliphatic heterocycles. The van der Waals surface area contributed by atoms with Crippen molar-refractivity contribution in [1.82, 2.24) is 14.8 Å². The van der Waals surface area contributed by atoms with Gasteiger partial charge in [-0.05, 0) is 18.2 Å². The van der Waals surface area contributed by atoms with Crippen LogP contribution < -0.4 is 9.46 Å². The normalized spacial score (nSPS) is 12.0. The van der Waals surface area contributed by atoms with Crippen LogP contribution in [0.1, 0.15) is 0 Å². The topological polar surface area (TPSA) is 86.1 Å². The van der Waals surface area contributed by atoms with Crippen LogP contribution in [-0.4, -0.2) is 29.8 Å². The SMILES string of the molecule is Cn1cc(S(=O)(=O)Nc2nc3ccc(OC(F)F)cc3s2)cn1. The van der Waals surface area contributed by atoms with Crippen LogP contribution in [0.15, 0.2) is 35.5 Å². The summed E-state index contributed by atoms with van der Waals surface area (Å²) in [4.78, 5) is 4.11. The Morgan fingerprint density at radius 2 is 2.17 bits per heavy atom. The van der Waals surface area contributed by atoms with E-state index in [4.69, 9.17) is 0 Å². The molecular weight excluding hydrogens is 350 g/mol. The van der Waals surface area contributed by atoms with Crippen LogP contribution in [0.2, 0.25) is 0 Å². The average molecular weight is 360 g/mol. The number of alkyl halides is 2. The smallest absolute Gasteiger partial charge is 0.387 e. The molecule has 0 amide bonds. The van der Waals surface area contributed by atoms with Gasteiger partial charge in [-0.3, -0.25) is 9.40 Å². The van der Waals surface area contributed by atoms with E-state index in [2.05, 4.69) is 19.5 Å².